The van der Waals surface area contributed by atoms with Crippen LogP contribution in [0.3, 0.4) is 0 Å². The van der Waals surface area contributed by atoms with E-state index in [1.165, 1.54) is 4.90 Å². The predicted octanol–water partition coefficient (Wildman–Crippen LogP) is 0.523. The zero-order valence-electron chi connectivity index (χ0n) is 7.48. The second-order valence-electron chi connectivity index (χ2n) is 3.92. The Morgan fingerprint density at radius 1 is 1.69 bits per heavy atom. The van der Waals surface area contributed by atoms with Gasteiger partial charge in [-0.15, -0.1) is 11.8 Å². The number of carboxylic acid groups (broad SMARTS) is 1. The summed E-state index contributed by atoms with van der Waals surface area (Å²) in [6.45, 7) is 3.75. The van der Waals surface area contributed by atoms with Gasteiger partial charge >= 0.3 is 5.97 Å². The van der Waals surface area contributed by atoms with Crippen molar-refractivity contribution in [2.24, 2.45) is 0 Å². The molecule has 13 heavy (non-hydrogen) atoms. The van der Waals surface area contributed by atoms with Crippen LogP contribution in [0.5, 0.6) is 0 Å². The third-order valence-corrected chi connectivity index (χ3v) is 4.05. The molecule has 2 atom stereocenters. The van der Waals surface area contributed by atoms with E-state index in [0.717, 1.165) is 0 Å². The fraction of sp³-hybridized carbons (Fsp3) is 0.750. The predicted molar refractivity (Wildman–Crippen MR) is 48.3 cm³/mol. The van der Waals surface area contributed by atoms with Gasteiger partial charge in [0.2, 0.25) is 5.91 Å². The van der Waals surface area contributed by atoms with Gasteiger partial charge in [-0.25, -0.2) is 4.79 Å². The van der Waals surface area contributed by atoms with Gasteiger partial charge in [-0.1, -0.05) is 0 Å². The standard InChI is InChI=1S/C8H11NO3S/c1-8(2)6(7(11)12)9-4(10)3-5(9)13-8/h5-6H,3H2,1-2H3,(H,11,12)/t5?,6-/m0/s1. The molecular weight excluding hydrogens is 190 g/mol. The Labute approximate surface area is 80.3 Å². The van der Waals surface area contributed by atoms with Crippen molar-refractivity contribution in [3.63, 3.8) is 0 Å². The van der Waals surface area contributed by atoms with Crippen LogP contribution in [0, 0.1) is 0 Å². The van der Waals surface area contributed by atoms with E-state index in [2.05, 4.69) is 0 Å². The summed E-state index contributed by atoms with van der Waals surface area (Å²) in [5.41, 5.74) is 0. The molecule has 2 rings (SSSR count). The van der Waals surface area contributed by atoms with Gasteiger partial charge in [0.25, 0.3) is 0 Å². The molecule has 0 saturated carbocycles. The van der Waals surface area contributed by atoms with Crippen molar-refractivity contribution in [1.82, 2.24) is 4.90 Å². The van der Waals surface area contributed by atoms with Crippen LogP contribution in [0.4, 0.5) is 0 Å². The van der Waals surface area contributed by atoms with E-state index < -0.39 is 12.0 Å². The van der Waals surface area contributed by atoms with Gasteiger partial charge in [-0.05, 0) is 13.8 Å². The minimum Gasteiger partial charge on any atom is -0.480 e. The number of carbonyl (C=O) groups excluding carboxylic acids is 1. The number of nitrogens with zero attached hydrogens (tertiary/aromatic N) is 1. The van der Waals surface area contributed by atoms with Crippen molar-refractivity contribution in [2.75, 3.05) is 0 Å². The summed E-state index contributed by atoms with van der Waals surface area (Å²) in [4.78, 5) is 23.6. The Bertz CT molecular complexity index is 289. The Morgan fingerprint density at radius 2 is 2.31 bits per heavy atom. The number of β-lactam (4-membered cyclic amide) rings is 1. The molecule has 1 N–H and O–H groups in total. The average Bonchev–Trinajstić information content (AvgIpc) is 2.18. The van der Waals surface area contributed by atoms with E-state index in [9.17, 15) is 9.59 Å². The molecule has 2 heterocycles. The Balaban J connectivity index is 2.30. The third-order valence-electron chi connectivity index (χ3n) is 2.56. The van der Waals surface area contributed by atoms with Crippen LogP contribution in [0.1, 0.15) is 20.3 Å². The van der Waals surface area contributed by atoms with E-state index in [-0.39, 0.29) is 16.0 Å². The molecule has 0 aromatic heterocycles. The lowest BCUT2D eigenvalue weighted by Gasteiger charge is -2.36. The molecule has 2 saturated heterocycles. The van der Waals surface area contributed by atoms with Gasteiger partial charge in [-0.3, -0.25) is 4.79 Å². The molecule has 0 spiro atoms. The first-order valence-electron chi connectivity index (χ1n) is 4.15. The number of carbonyl (C=O) groups is 2. The first-order chi connectivity index (χ1) is 5.93. The van der Waals surface area contributed by atoms with Crippen molar-refractivity contribution in [1.29, 1.82) is 0 Å². The molecule has 0 aromatic rings. The summed E-state index contributed by atoms with van der Waals surface area (Å²) in [6, 6.07) is -0.649. The number of hydrogen-bond acceptors (Lipinski definition) is 3. The third kappa shape index (κ3) is 1.06. The molecule has 1 unspecified atom stereocenters. The molecule has 2 aliphatic rings. The topological polar surface area (TPSA) is 57.6 Å². The molecule has 72 valence electrons. The zero-order chi connectivity index (χ0) is 9.80. The summed E-state index contributed by atoms with van der Waals surface area (Å²) in [5.74, 6) is -0.927. The Morgan fingerprint density at radius 3 is 2.69 bits per heavy atom. The molecular formula is C8H11NO3S. The van der Waals surface area contributed by atoms with E-state index in [4.69, 9.17) is 5.11 Å². The van der Waals surface area contributed by atoms with Crippen LogP contribution < -0.4 is 0 Å². The highest BCUT2D eigenvalue weighted by atomic mass is 32.2. The van der Waals surface area contributed by atoms with Crippen molar-refractivity contribution < 1.29 is 14.7 Å². The largest absolute Gasteiger partial charge is 0.480 e. The van der Waals surface area contributed by atoms with Crippen molar-refractivity contribution in [2.45, 2.75) is 36.4 Å². The zero-order valence-corrected chi connectivity index (χ0v) is 8.30. The van der Waals surface area contributed by atoms with E-state index in [0.29, 0.717) is 6.42 Å². The van der Waals surface area contributed by atoms with Crippen LogP contribution >= 0.6 is 11.8 Å². The smallest absolute Gasteiger partial charge is 0.327 e. The van der Waals surface area contributed by atoms with Crippen LogP contribution in [0.25, 0.3) is 0 Å². The van der Waals surface area contributed by atoms with Crippen LogP contribution in [0.2, 0.25) is 0 Å². The maximum atomic E-state index is 11.2. The summed E-state index contributed by atoms with van der Waals surface area (Å²) in [7, 11) is 0. The Hall–Kier alpha value is -0.710. The van der Waals surface area contributed by atoms with Gasteiger partial charge < -0.3 is 10.0 Å². The van der Waals surface area contributed by atoms with Crippen molar-refractivity contribution >= 4 is 23.6 Å². The van der Waals surface area contributed by atoms with E-state index in [1.807, 2.05) is 13.8 Å². The maximum absolute atomic E-state index is 11.2. The molecule has 4 nitrogen and oxygen atoms in total. The second-order valence-corrected chi connectivity index (χ2v) is 5.75. The molecule has 0 bridgehead atoms. The van der Waals surface area contributed by atoms with Crippen LogP contribution in [-0.4, -0.2) is 38.0 Å². The fourth-order valence-corrected chi connectivity index (χ4v) is 3.60. The lowest BCUT2D eigenvalue weighted by atomic mass is 9.98. The normalized spacial score (nSPS) is 35.5. The number of rotatable bonds is 1. The quantitative estimate of drug-likeness (QED) is 0.628. The first-order valence-corrected chi connectivity index (χ1v) is 5.03. The molecule has 0 radical (unpaired) electrons. The summed E-state index contributed by atoms with van der Waals surface area (Å²) >= 11 is 1.58. The summed E-state index contributed by atoms with van der Waals surface area (Å²) in [6.07, 6.45) is 0.498. The molecule has 5 heteroatoms. The summed E-state index contributed by atoms with van der Waals surface area (Å²) in [5, 5.41) is 9.08. The second kappa shape index (κ2) is 2.41. The van der Waals surface area contributed by atoms with E-state index >= 15 is 0 Å². The highest BCUT2D eigenvalue weighted by Crippen LogP contribution is 2.50. The SMILES string of the molecule is CC1(C)SC2CC(=O)N2[C@H]1C(=O)O. The minimum atomic E-state index is -0.895. The lowest BCUT2D eigenvalue weighted by Crippen LogP contribution is -2.56. The van der Waals surface area contributed by atoms with Gasteiger partial charge in [-0.2, -0.15) is 0 Å². The molecule has 1 amide bonds. The summed E-state index contributed by atoms with van der Waals surface area (Å²) < 4.78 is -0.358. The van der Waals surface area contributed by atoms with Crippen molar-refractivity contribution in [3.05, 3.63) is 0 Å². The highest BCUT2D eigenvalue weighted by Gasteiger charge is 2.58. The van der Waals surface area contributed by atoms with Crippen LogP contribution in [-0.2, 0) is 9.59 Å². The number of carboxylic acids is 1. The van der Waals surface area contributed by atoms with Gasteiger partial charge in [0.15, 0.2) is 0 Å². The average molecular weight is 201 g/mol. The molecule has 2 aliphatic heterocycles. The minimum absolute atomic E-state index is 0.0320. The first kappa shape index (κ1) is 8.87. The van der Waals surface area contributed by atoms with E-state index in [1.54, 1.807) is 11.8 Å². The maximum Gasteiger partial charge on any atom is 0.327 e. The lowest BCUT2D eigenvalue weighted by molar-refractivity contribution is -0.157. The molecule has 2 fully saturated rings. The van der Waals surface area contributed by atoms with Gasteiger partial charge in [0.1, 0.15) is 6.04 Å². The number of fused-ring (bicyclic) bond motifs is 1. The van der Waals surface area contributed by atoms with Crippen molar-refractivity contribution in [3.8, 4) is 0 Å². The van der Waals surface area contributed by atoms with Crippen LogP contribution in [0.15, 0.2) is 0 Å². The number of hydrogen-bond donors (Lipinski definition) is 1. The Kier molecular flexibility index (Phi) is 1.64. The monoisotopic (exact) mass is 201 g/mol. The fourth-order valence-electron chi connectivity index (χ4n) is 1.98. The van der Waals surface area contributed by atoms with Gasteiger partial charge in [0, 0.05) is 4.75 Å². The molecule has 0 aliphatic carbocycles. The van der Waals surface area contributed by atoms with Gasteiger partial charge in [0.05, 0.1) is 11.8 Å². The molecule has 0 aromatic carbocycles. The number of amides is 1. The number of thioether (sulfide) groups is 1. The highest BCUT2D eigenvalue weighted by molar-refractivity contribution is 8.01. The number of aliphatic carboxylic acids is 1.